The molecule has 19 heavy (non-hydrogen) atoms. The van der Waals surface area contributed by atoms with Crippen LogP contribution in [0.4, 0.5) is 0 Å². The number of piperazine rings is 1. The minimum atomic E-state index is 0.770. The van der Waals surface area contributed by atoms with Crippen LogP contribution in [0, 0.1) is 0 Å². The molecule has 2 atom stereocenters. The molecule has 0 aliphatic carbocycles. The molecular weight excluding hydrogens is 234 g/mol. The van der Waals surface area contributed by atoms with Crippen LogP contribution in [-0.4, -0.2) is 61.7 Å². The predicted octanol–water partition coefficient (Wildman–Crippen LogP) is 2.32. The molecule has 2 rings (SSSR count). The van der Waals surface area contributed by atoms with Crippen molar-refractivity contribution in [2.24, 2.45) is 0 Å². The van der Waals surface area contributed by atoms with Gasteiger partial charge in [-0.15, -0.1) is 0 Å². The highest BCUT2D eigenvalue weighted by Crippen LogP contribution is 2.24. The van der Waals surface area contributed by atoms with Gasteiger partial charge in [0.15, 0.2) is 0 Å². The van der Waals surface area contributed by atoms with E-state index in [2.05, 4.69) is 22.0 Å². The maximum atomic E-state index is 3.23. The summed E-state index contributed by atoms with van der Waals surface area (Å²) in [5.41, 5.74) is 0. The van der Waals surface area contributed by atoms with Crippen molar-refractivity contribution in [3.8, 4) is 0 Å². The number of nitrogens with one attached hydrogen (secondary N) is 1. The van der Waals surface area contributed by atoms with Crippen molar-refractivity contribution in [3.63, 3.8) is 0 Å². The average molecular weight is 267 g/mol. The number of unbranched alkanes of at least 4 members (excludes halogenated alkanes) is 3. The molecule has 2 saturated heterocycles. The van der Waals surface area contributed by atoms with Gasteiger partial charge >= 0.3 is 0 Å². The van der Waals surface area contributed by atoms with E-state index < -0.39 is 0 Å². The van der Waals surface area contributed by atoms with Gasteiger partial charge in [-0.1, -0.05) is 19.3 Å². The fourth-order valence-corrected chi connectivity index (χ4v) is 3.69. The molecule has 0 aromatic carbocycles. The minimum Gasteiger partial charge on any atom is -0.320 e. The highest BCUT2D eigenvalue weighted by atomic mass is 15.3. The summed E-state index contributed by atoms with van der Waals surface area (Å²) >= 11 is 0. The Kier molecular flexibility index (Phi) is 6.62. The minimum absolute atomic E-state index is 0.770. The Morgan fingerprint density at radius 1 is 1.05 bits per heavy atom. The molecule has 2 unspecified atom stereocenters. The fraction of sp³-hybridized carbons (Fsp3) is 1.00. The zero-order valence-corrected chi connectivity index (χ0v) is 13.0. The van der Waals surface area contributed by atoms with Crippen LogP contribution in [0.3, 0.4) is 0 Å². The number of rotatable bonds is 7. The fourth-order valence-electron chi connectivity index (χ4n) is 3.69. The lowest BCUT2D eigenvalue weighted by Crippen LogP contribution is -2.58. The Balaban J connectivity index is 1.63. The summed E-state index contributed by atoms with van der Waals surface area (Å²) < 4.78 is 0. The molecule has 3 heteroatoms. The van der Waals surface area contributed by atoms with Crippen LogP contribution in [0.5, 0.6) is 0 Å². The molecule has 2 aliphatic heterocycles. The van der Waals surface area contributed by atoms with E-state index in [4.69, 9.17) is 0 Å². The molecule has 0 amide bonds. The van der Waals surface area contributed by atoms with E-state index >= 15 is 0 Å². The Bertz CT molecular complexity index is 244. The molecule has 0 spiro atoms. The first kappa shape index (κ1) is 15.3. The lowest BCUT2D eigenvalue weighted by molar-refractivity contribution is 0.0146. The van der Waals surface area contributed by atoms with Crippen LogP contribution in [0.1, 0.15) is 51.9 Å². The van der Waals surface area contributed by atoms with Gasteiger partial charge in [0.05, 0.1) is 0 Å². The highest BCUT2D eigenvalue weighted by molar-refractivity contribution is 4.88. The largest absolute Gasteiger partial charge is 0.320 e. The summed E-state index contributed by atoms with van der Waals surface area (Å²) in [6, 6.07) is 1.64. The molecular formula is C16H33N3. The Morgan fingerprint density at radius 2 is 1.89 bits per heavy atom. The maximum absolute atomic E-state index is 3.23. The summed E-state index contributed by atoms with van der Waals surface area (Å²) in [6.45, 7) is 8.92. The average Bonchev–Trinajstić information content (AvgIpc) is 2.43. The van der Waals surface area contributed by atoms with E-state index in [1.165, 1.54) is 77.7 Å². The van der Waals surface area contributed by atoms with Gasteiger partial charge in [0.1, 0.15) is 0 Å². The standard InChI is InChI=1S/C16H33N3/c1-15-13-19-12-8-5-9-16(19)14-18(15)11-7-4-3-6-10-17-2/h15-17H,3-14H2,1-2H3. The van der Waals surface area contributed by atoms with Crippen LogP contribution >= 0.6 is 0 Å². The number of nitrogens with zero attached hydrogens (tertiary/aromatic N) is 2. The molecule has 0 aromatic rings. The van der Waals surface area contributed by atoms with Gasteiger partial charge in [-0.3, -0.25) is 9.80 Å². The van der Waals surface area contributed by atoms with Crippen molar-refractivity contribution in [1.29, 1.82) is 0 Å². The molecule has 1 N–H and O–H groups in total. The molecule has 3 nitrogen and oxygen atoms in total. The van der Waals surface area contributed by atoms with E-state index in [0.29, 0.717) is 0 Å². The summed E-state index contributed by atoms with van der Waals surface area (Å²) in [5, 5.41) is 3.23. The third kappa shape index (κ3) is 4.73. The molecule has 0 bridgehead atoms. The highest BCUT2D eigenvalue weighted by Gasteiger charge is 2.32. The number of hydrogen-bond donors (Lipinski definition) is 1. The van der Waals surface area contributed by atoms with Gasteiger partial charge in [-0.05, 0) is 59.3 Å². The van der Waals surface area contributed by atoms with E-state index in [-0.39, 0.29) is 0 Å². The quantitative estimate of drug-likeness (QED) is 0.714. The molecule has 2 fully saturated rings. The van der Waals surface area contributed by atoms with Gasteiger partial charge in [-0.25, -0.2) is 0 Å². The third-order valence-corrected chi connectivity index (χ3v) is 4.94. The van der Waals surface area contributed by atoms with Crippen molar-refractivity contribution >= 4 is 0 Å². The van der Waals surface area contributed by atoms with Crippen molar-refractivity contribution in [1.82, 2.24) is 15.1 Å². The topological polar surface area (TPSA) is 18.5 Å². The zero-order chi connectivity index (χ0) is 13.5. The maximum Gasteiger partial charge on any atom is 0.0223 e. The molecule has 0 radical (unpaired) electrons. The molecule has 0 saturated carbocycles. The van der Waals surface area contributed by atoms with Gasteiger partial charge in [0, 0.05) is 25.2 Å². The molecule has 2 aliphatic rings. The Morgan fingerprint density at radius 3 is 2.74 bits per heavy atom. The summed E-state index contributed by atoms with van der Waals surface area (Å²) in [4.78, 5) is 5.50. The Labute approximate surface area is 119 Å². The van der Waals surface area contributed by atoms with Crippen LogP contribution in [0.25, 0.3) is 0 Å². The monoisotopic (exact) mass is 267 g/mol. The second-order valence-electron chi connectivity index (χ2n) is 6.51. The first-order chi connectivity index (χ1) is 9.31. The smallest absolute Gasteiger partial charge is 0.0223 e. The summed E-state index contributed by atoms with van der Waals surface area (Å²) in [6.07, 6.45) is 9.83. The van der Waals surface area contributed by atoms with Gasteiger partial charge in [-0.2, -0.15) is 0 Å². The van der Waals surface area contributed by atoms with E-state index in [0.717, 1.165) is 12.1 Å². The van der Waals surface area contributed by atoms with Crippen LogP contribution in [0.15, 0.2) is 0 Å². The number of fused-ring (bicyclic) bond motifs is 1. The molecule has 2 heterocycles. The zero-order valence-electron chi connectivity index (χ0n) is 13.0. The lowest BCUT2D eigenvalue weighted by atomic mass is 9.97. The normalized spacial score (nSPS) is 29.4. The van der Waals surface area contributed by atoms with E-state index in [1.54, 1.807) is 0 Å². The second kappa shape index (κ2) is 8.23. The SMILES string of the molecule is CNCCCCCCN1CC2CCCCN2CC1C. The van der Waals surface area contributed by atoms with Crippen molar-refractivity contribution < 1.29 is 0 Å². The first-order valence-corrected chi connectivity index (χ1v) is 8.44. The first-order valence-electron chi connectivity index (χ1n) is 8.44. The third-order valence-electron chi connectivity index (χ3n) is 4.94. The summed E-state index contributed by atoms with van der Waals surface area (Å²) in [7, 11) is 2.05. The van der Waals surface area contributed by atoms with Gasteiger partial charge in [0.25, 0.3) is 0 Å². The molecule has 112 valence electrons. The van der Waals surface area contributed by atoms with Crippen molar-refractivity contribution in [2.45, 2.75) is 64.0 Å². The second-order valence-corrected chi connectivity index (χ2v) is 6.51. The van der Waals surface area contributed by atoms with Crippen molar-refractivity contribution in [3.05, 3.63) is 0 Å². The van der Waals surface area contributed by atoms with Crippen LogP contribution in [-0.2, 0) is 0 Å². The van der Waals surface area contributed by atoms with Gasteiger partial charge in [0.2, 0.25) is 0 Å². The van der Waals surface area contributed by atoms with E-state index in [1.807, 2.05) is 7.05 Å². The van der Waals surface area contributed by atoms with Gasteiger partial charge < -0.3 is 5.32 Å². The van der Waals surface area contributed by atoms with Crippen molar-refractivity contribution in [2.75, 3.05) is 39.8 Å². The summed E-state index contributed by atoms with van der Waals surface area (Å²) in [5.74, 6) is 0. The van der Waals surface area contributed by atoms with E-state index in [9.17, 15) is 0 Å². The predicted molar refractivity (Wildman–Crippen MR) is 82.6 cm³/mol. The number of hydrogen-bond acceptors (Lipinski definition) is 3. The number of piperidine rings is 1. The molecule has 0 aromatic heterocycles. The lowest BCUT2D eigenvalue weighted by Gasteiger charge is -2.47. The Hall–Kier alpha value is -0.120. The van der Waals surface area contributed by atoms with Crippen LogP contribution in [0.2, 0.25) is 0 Å². The van der Waals surface area contributed by atoms with Crippen LogP contribution < -0.4 is 5.32 Å².